The van der Waals surface area contributed by atoms with Crippen LogP contribution in [0, 0.1) is 6.92 Å². The van der Waals surface area contributed by atoms with Crippen LogP contribution in [-0.2, 0) is 0 Å². The lowest BCUT2D eigenvalue weighted by Crippen LogP contribution is -2.40. The number of fused-ring (bicyclic) bond motifs is 1. The Morgan fingerprint density at radius 3 is 2.88 bits per heavy atom. The highest BCUT2D eigenvalue weighted by Gasteiger charge is 2.13. The predicted molar refractivity (Wildman–Crippen MR) is 105 cm³/mol. The lowest BCUT2D eigenvalue weighted by atomic mass is 9.96. The quantitative estimate of drug-likeness (QED) is 0.370. The average molecular weight is 361 g/mol. The van der Waals surface area contributed by atoms with Gasteiger partial charge in [0.25, 0.3) is 0 Å². The molecule has 0 unspecified atom stereocenters. The number of nitrogens with zero attached hydrogens (tertiary/aromatic N) is 2. The van der Waals surface area contributed by atoms with Crippen molar-refractivity contribution in [2.24, 2.45) is 5.10 Å². The molecule has 1 fully saturated rings. The molecule has 0 aliphatic heterocycles. The number of benzene rings is 1. The van der Waals surface area contributed by atoms with Gasteiger partial charge in [0.1, 0.15) is 5.15 Å². The fraction of sp³-hybridized carbons (Fsp3) is 0.389. The van der Waals surface area contributed by atoms with Gasteiger partial charge >= 0.3 is 0 Å². The van der Waals surface area contributed by atoms with Gasteiger partial charge in [-0.3, -0.25) is 5.43 Å². The van der Waals surface area contributed by atoms with Crippen molar-refractivity contribution in [1.82, 2.24) is 15.7 Å². The second-order valence-corrected chi connectivity index (χ2v) is 7.01. The molecule has 0 amide bonds. The predicted octanol–water partition coefficient (Wildman–Crippen LogP) is 4.33. The van der Waals surface area contributed by atoms with E-state index < -0.39 is 0 Å². The van der Waals surface area contributed by atoms with E-state index in [0.717, 1.165) is 22.0 Å². The van der Waals surface area contributed by atoms with E-state index in [1.165, 1.54) is 32.1 Å². The van der Waals surface area contributed by atoms with Crippen LogP contribution >= 0.6 is 23.8 Å². The molecular weight excluding hydrogens is 340 g/mol. The molecule has 2 aromatic rings. The summed E-state index contributed by atoms with van der Waals surface area (Å²) in [6.07, 6.45) is 7.85. The molecule has 6 heteroatoms. The summed E-state index contributed by atoms with van der Waals surface area (Å²) >= 11 is 11.5. The molecule has 126 valence electrons. The SMILES string of the molecule is Cc1ccc2cc(/C=N\NC(=S)NC3CCCCC3)c(Cl)nc2c1. The summed E-state index contributed by atoms with van der Waals surface area (Å²) in [6.45, 7) is 2.04. The number of hydrogen-bond donors (Lipinski definition) is 2. The van der Waals surface area contributed by atoms with Crippen molar-refractivity contribution in [1.29, 1.82) is 0 Å². The lowest BCUT2D eigenvalue weighted by Gasteiger charge is -2.23. The van der Waals surface area contributed by atoms with Crippen molar-refractivity contribution in [3.8, 4) is 0 Å². The molecule has 4 nitrogen and oxygen atoms in total. The summed E-state index contributed by atoms with van der Waals surface area (Å²) in [5.41, 5.74) is 5.68. The maximum atomic E-state index is 6.25. The van der Waals surface area contributed by atoms with Crippen LogP contribution in [0.25, 0.3) is 10.9 Å². The number of aryl methyl sites for hydroxylation is 1. The van der Waals surface area contributed by atoms with Crippen LogP contribution in [0.1, 0.15) is 43.2 Å². The zero-order valence-electron chi connectivity index (χ0n) is 13.7. The van der Waals surface area contributed by atoms with Crippen molar-refractivity contribution < 1.29 is 0 Å². The molecular formula is C18H21ClN4S. The van der Waals surface area contributed by atoms with E-state index in [1.807, 2.05) is 25.1 Å². The summed E-state index contributed by atoms with van der Waals surface area (Å²) in [5, 5.41) is 9.53. The average Bonchev–Trinajstić information content (AvgIpc) is 2.56. The van der Waals surface area contributed by atoms with Gasteiger partial charge in [-0.1, -0.05) is 43.0 Å². The minimum Gasteiger partial charge on any atom is -0.359 e. The monoisotopic (exact) mass is 360 g/mol. The van der Waals surface area contributed by atoms with Crippen molar-refractivity contribution in [3.63, 3.8) is 0 Å². The molecule has 0 spiro atoms. The highest BCUT2D eigenvalue weighted by atomic mass is 35.5. The Morgan fingerprint density at radius 2 is 2.08 bits per heavy atom. The molecule has 24 heavy (non-hydrogen) atoms. The van der Waals surface area contributed by atoms with Crippen LogP contribution in [-0.4, -0.2) is 22.4 Å². The normalized spacial score (nSPS) is 15.8. The van der Waals surface area contributed by atoms with Gasteiger partial charge in [0.2, 0.25) is 0 Å². The molecule has 0 bridgehead atoms. The molecule has 0 saturated heterocycles. The number of hydrogen-bond acceptors (Lipinski definition) is 3. The maximum absolute atomic E-state index is 6.25. The first-order chi connectivity index (χ1) is 11.6. The van der Waals surface area contributed by atoms with Gasteiger partial charge < -0.3 is 5.32 Å². The smallest absolute Gasteiger partial charge is 0.187 e. The molecule has 2 N–H and O–H groups in total. The Kier molecular flexibility index (Phi) is 5.63. The number of halogens is 1. The highest BCUT2D eigenvalue weighted by Crippen LogP contribution is 2.20. The standard InChI is InChI=1S/C18H21ClN4S/c1-12-7-8-13-10-14(17(19)22-16(13)9-12)11-20-23-18(24)21-15-5-3-2-4-6-15/h7-11,15H,2-6H2,1H3,(H2,21,23,24)/b20-11-. The topological polar surface area (TPSA) is 49.3 Å². The minimum absolute atomic E-state index is 0.435. The van der Waals surface area contributed by atoms with Crippen LogP contribution in [0.2, 0.25) is 5.15 Å². The minimum atomic E-state index is 0.435. The van der Waals surface area contributed by atoms with Crippen molar-refractivity contribution in [2.45, 2.75) is 45.1 Å². The molecule has 1 aromatic heterocycles. The molecule has 1 aromatic carbocycles. The van der Waals surface area contributed by atoms with E-state index >= 15 is 0 Å². The number of hydrazone groups is 1. The largest absolute Gasteiger partial charge is 0.359 e. The number of rotatable bonds is 3. The molecule has 1 heterocycles. The first-order valence-corrected chi connectivity index (χ1v) is 9.07. The number of aromatic nitrogens is 1. The van der Waals surface area contributed by atoms with Gasteiger partial charge in [0.15, 0.2) is 5.11 Å². The van der Waals surface area contributed by atoms with Gasteiger partial charge in [-0.05, 0) is 49.7 Å². The maximum Gasteiger partial charge on any atom is 0.187 e. The fourth-order valence-corrected chi connectivity index (χ4v) is 3.40. The van der Waals surface area contributed by atoms with Gasteiger partial charge in [-0.25, -0.2) is 4.98 Å². The Labute approximate surface area is 152 Å². The van der Waals surface area contributed by atoms with Crippen LogP contribution in [0.4, 0.5) is 0 Å². The first-order valence-electron chi connectivity index (χ1n) is 8.28. The summed E-state index contributed by atoms with van der Waals surface area (Å²) in [4.78, 5) is 4.43. The van der Waals surface area contributed by atoms with E-state index in [1.54, 1.807) is 6.21 Å². The van der Waals surface area contributed by atoms with Crippen molar-refractivity contribution in [3.05, 3.63) is 40.5 Å². The number of nitrogens with one attached hydrogen (secondary N) is 2. The summed E-state index contributed by atoms with van der Waals surface area (Å²) in [5.74, 6) is 0. The molecule has 0 atom stereocenters. The van der Waals surface area contributed by atoms with Crippen LogP contribution in [0.3, 0.4) is 0 Å². The second-order valence-electron chi connectivity index (χ2n) is 6.24. The summed E-state index contributed by atoms with van der Waals surface area (Å²) in [7, 11) is 0. The molecule has 3 rings (SSSR count). The van der Waals surface area contributed by atoms with E-state index in [2.05, 4.69) is 26.9 Å². The number of thiocarbonyl (C=S) groups is 1. The third-order valence-corrected chi connectivity index (χ3v) is 4.78. The second kappa shape index (κ2) is 7.90. The fourth-order valence-electron chi connectivity index (χ4n) is 2.99. The van der Waals surface area contributed by atoms with E-state index in [-0.39, 0.29) is 0 Å². The van der Waals surface area contributed by atoms with Gasteiger partial charge in [0.05, 0.1) is 11.7 Å². The third kappa shape index (κ3) is 4.42. The lowest BCUT2D eigenvalue weighted by molar-refractivity contribution is 0.412. The Morgan fingerprint density at radius 1 is 1.29 bits per heavy atom. The summed E-state index contributed by atoms with van der Waals surface area (Å²) in [6, 6.07) is 8.55. The van der Waals surface area contributed by atoms with Crippen LogP contribution in [0.15, 0.2) is 29.4 Å². The van der Waals surface area contributed by atoms with Gasteiger partial charge in [-0.2, -0.15) is 5.10 Å². The van der Waals surface area contributed by atoms with Gasteiger partial charge in [0, 0.05) is 17.0 Å². The van der Waals surface area contributed by atoms with Crippen molar-refractivity contribution in [2.75, 3.05) is 0 Å². The third-order valence-electron chi connectivity index (χ3n) is 4.26. The first kappa shape index (κ1) is 17.1. The zero-order chi connectivity index (χ0) is 16.9. The molecule has 1 aliphatic rings. The summed E-state index contributed by atoms with van der Waals surface area (Å²) < 4.78 is 0. The Hall–Kier alpha value is -1.72. The highest BCUT2D eigenvalue weighted by molar-refractivity contribution is 7.80. The number of pyridine rings is 1. The Bertz CT molecular complexity index is 769. The van der Waals surface area contributed by atoms with E-state index in [4.69, 9.17) is 23.8 Å². The van der Waals surface area contributed by atoms with E-state index in [0.29, 0.717) is 16.3 Å². The molecule has 1 saturated carbocycles. The Balaban J connectivity index is 1.63. The van der Waals surface area contributed by atoms with Crippen LogP contribution < -0.4 is 10.7 Å². The van der Waals surface area contributed by atoms with E-state index in [9.17, 15) is 0 Å². The van der Waals surface area contributed by atoms with Gasteiger partial charge in [-0.15, -0.1) is 0 Å². The molecule has 0 radical (unpaired) electrons. The zero-order valence-corrected chi connectivity index (χ0v) is 15.3. The van der Waals surface area contributed by atoms with Crippen molar-refractivity contribution >= 4 is 46.0 Å². The molecule has 1 aliphatic carbocycles. The van der Waals surface area contributed by atoms with Crippen LogP contribution in [0.5, 0.6) is 0 Å².